The lowest BCUT2D eigenvalue weighted by Gasteiger charge is -2.12. The third-order valence-corrected chi connectivity index (χ3v) is 7.26. The third kappa shape index (κ3) is 2.34. The number of fused-ring (bicyclic) bond motifs is 4. The van der Waals surface area contributed by atoms with Crippen molar-refractivity contribution in [3.63, 3.8) is 0 Å². The Morgan fingerprint density at radius 3 is 3.08 bits per heavy atom. The summed E-state index contributed by atoms with van der Waals surface area (Å²) in [6.07, 6.45) is 6.99. The molecule has 4 heterocycles. The highest BCUT2D eigenvalue weighted by molar-refractivity contribution is 7.18. The van der Waals surface area contributed by atoms with E-state index in [1.54, 1.807) is 22.2 Å². The molecule has 1 N–H and O–H groups in total. The number of thiophene rings is 1. The van der Waals surface area contributed by atoms with E-state index in [-0.39, 0.29) is 5.56 Å². The van der Waals surface area contributed by atoms with Gasteiger partial charge in [-0.05, 0) is 37.8 Å². The Bertz CT molecular complexity index is 963. The maximum Gasteiger partial charge on any atom is 0.262 e. The van der Waals surface area contributed by atoms with Crippen LogP contribution in [0.15, 0.2) is 11.1 Å². The number of aryl methyl sites for hydroxylation is 4. The van der Waals surface area contributed by atoms with Crippen molar-refractivity contribution in [2.45, 2.75) is 45.2 Å². The molecule has 5 rings (SSSR count). The van der Waals surface area contributed by atoms with Gasteiger partial charge in [-0.25, -0.2) is 9.97 Å². The van der Waals surface area contributed by atoms with Crippen LogP contribution in [-0.4, -0.2) is 21.1 Å². The summed E-state index contributed by atoms with van der Waals surface area (Å²) in [7, 11) is 0. The minimum atomic E-state index is 0.114. The van der Waals surface area contributed by atoms with E-state index < -0.39 is 0 Å². The molecule has 0 radical (unpaired) electrons. The molecular formula is C17H18N4OS2. The number of aromatic nitrogens is 3. The molecule has 3 aromatic rings. The highest BCUT2D eigenvalue weighted by Gasteiger charge is 2.20. The first-order valence-electron chi connectivity index (χ1n) is 8.47. The van der Waals surface area contributed by atoms with Gasteiger partial charge in [-0.15, -0.1) is 22.7 Å². The summed E-state index contributed by atoms with van der Waals surface area (Å²) in [6, 6.07) is 0. The summed E-state index contributed by atoms with van der Waals surface area (Å²) in [6.45, 7) is 2.47. The van der Waals surface area contributed by atoms with Gasteiger partial charge in [-0.2, -0.15) is 0 Å². The maximum absolute atomic E-state index is 12.9. The summed E-state index contributed by atoms with van der Waals surface area (Å²) in [5.41, 5.74) is 2.62. The number of nitrogens with zero attached hydrogens (tertiary/aromatic N) is 3. The minimum Gasteiger partial charge on any atom is -0.312 e. The van der Waals surface area contributed by atoms with E-state index >= 15 is 0 Å². The molecule has 0 spiro atoms. The van der Waals surface area contributed by atoms with Crippen LogP contribution < -0.4 is 10.9 Å². The Balaban J connectivity index is 1.46. The van der Waals surface area contributed by atoms with Gasteiger partial charge in [0.05, 0.1) is 22.4 Å². The van der Waals surface area contributed by atoms with Gasteiger partial charge in [0.25, 0.3) is 5.56 Å². The van der Waals surface area contributed by atoms with Gasteiger partial charge in [0.1, 0.15) is 4.83 Å². The van der Waals surface area contributed by atoms with Gasteiger partial charge in [-0.1, -0.05) is 0 Å². The van der Waals surface area contributed by atoms with Crippen molar-refractivity contribution in [1.29, 1.82) is 0 Å². The van der Waals surface area contributed by atoms with Gasteiger partial charge in [0, 0.05) is 29.3 Å². The first-order valence-corrected chi connectivity index (χ1v) is 10.1. The van der Waals surface area contributed by atoms with Crippen LogP contribution in [0.4, 0.5) is 0 Å². The SMILES string of the molecule is O=c1c2c3c(sc2ncn1CCc1nc2c(s1)CCC2)CNCC3. The van der Waals surface area contributed by atoms with Crippen molar-refractivity contribution in [1.82, 2.24) is 19.9 Å². The Morgan fingerprint density at radius 2 is 2.17 bits per heavy atom. The Labute approximate surface area is 147 Å². The summed E-state index contributed by atoms with van der Waals surface area (Å²) < 4.78 is 1.77. The van der Waals surface area contributed by atoms with Crippen LogP contribution in [0.3, 0.4) is 0 Å². The Morgan fingerprint density at radius 1 is 1.21 bits per heavy atom. The quantitative estimate of drug-likeness (QED) is 0.780. The van der Waals surface area contributed by atoms with E-state index in [9.17, 15) is 4.79 Å². The molecule has 0 amide bonds. The molecule has 5 nitrogen and oxygen atoms in total. The van der Waals surface area contributed by atoms with Crippen molar-refractivity contribution in [2.24, 2.45) is 0 Å². The summed E-state index contributed by atoms with van der Waals surface area (Å²) in [4.78, 5) is 25.8. The lowest BCUT2D eigenvalue weighted by molar-refractivity contribution is 0.649. The minimum absolute atomic E-state index is 0.114. The lowest BCUT2D eigenvalue weighted by atomic mass is 10.1. The van der Waals surface area contributed by atoms with Crippen LogP contribution in [-0.2, 0) is 38.8 Å². The summed E-state index contributed by atoms with van der Waals surface area (Å²) in [5, 5.41) is 5.37. The zero-order chi connectivity index (χ0) is 16.1. The molecule has 2 aliphatic rings. The standard InChI is InChI=1S/C17H18N4OS2/c22-17-15-10-4-6-18-8-13(10)24-16(15)19-9-21(17)7-5-14-20-11-2-1-3-12(11)23-14/h9,18H,1-8H2. The van der Waals surface area contributed by atoms with Crippen LogP contribution in [0.2, 0.25) is 0 Å². The van der Waals surface area contributed by atoms with Crippen LogP contribution in [0, 0.1) is 0 Å². The summed E-state index contributed by atoms with van der Waals surface area (Å²) in [5.74, 6) is 0. The number of thiazole rings is 1. The molecule has 24 heavy (non-hydrogen) atoms. The highest BCUT2D eigenvalue weighted by Crippen LogP contribution is 2.30. The predicted molar refractivity (Wildman–Crippen MR) is 97.1 cm³/mol. The molecule has 3 aromatic heterocycles. The van der Waals surface area contributed by atoms with Crippen molar-refractivity contribution < 1.29 is 0 Å². The molecular weight excluding hydrogens is 340 g/mol. The van der Waals surface area contributed by atoms with Gasteiger partial charge < -0.3 is 5.32 Å². The van der Waals surface area contributed by atoms with Crippen LogP contribution >= 0.6 is 22.7 Å². The fraction of sp³-hybridized carbons (Fsp3) is 0.471. The van der Waals surface area contributed by atoms with Crippen LogP contribution in [0.1, 0.15) is 32.4 Å². The van der Waals surface area contributed by atoms with E-state index in [4.69, 9.17) is 4.98 Å². The zero-order valence-electron chi connectivity index (χ0n) is 13.3. The van der Waals surface area contributed by atoms with E-state index in [2.05, 4.69) is 10.3 Å². The van der Waals surface area contributed by atoms with Gasteiger partial charge in [-0.3, -0.25) is 9.36 Å². The maximum atomic E-state index is 12.9. The first-order chi connectivity index (χ1) is 11.8. The topological polar surface area (TPSA) is 59.8 Å². The molecule has 7 heteroatoms. The second-order valence-electron chi connectivity index (χ2n) is 6.43. The zero-order valence-corrected chi connectivity index (χ0v) is 14.9. The van der Waals surface area contributed by atoms with E-state index in [0.717, 1.165) is 47.6 Å². The average molecular weight is 358 g/mol. The second-order valence-corrected chi connectivity index (χ2v) is 8.69. The second kappa shape index (κ2) is 5.75. The molecule has 0 saturated carbocycles. The van der Waals surface area contributed by atoms with E-state index in [1.807, 2.05) is 11.3 Å². The predicted octanol–water partition coefficient (Wildman–Crippen LogP) is 2.29. The molecule has 0 aromatic carbocycles. The molecule has 0 atom stereocenters. The monoisotopic (exact) mass is 358 g/mol. The lowest BCUT2D eigenvalue weighted by Crippen LogP contribution is -2.25. The van der Waals surface area contributed by atoms with Crippen LogP contribution in [0.5, 0.6) is 0 Å². The third-order valence-electron chi connectivity index (χ3n) is 4.91. The van der Waals surface area contributed by atoms with E-state index in [0.29, 0.717) is 6.54 Å². The van der Waals surface area contributed by atoms with E-state index in [1.165, 1.54) is 33.9 Å². The largest absolute Gasteiger partial charge is 0.312 e. The van der Waals surface area contributed by atoms with Crippen molar-refractivity contribution in [3.05, 3.63) is 42.7 Å². The number of nitrogens with one attached hydrogen (secondary N) is 1. The fourth-order valence-electron chi connectivity index (χ4n) is 3.68. The molecule has 0 bridgehead atoms. The smallest absolute Gasteiger partial charge is 0.262 e. The number of hydrogen-bond acceptors (Lipinski definition) is 6. The first kappa shape index (κ1) is 14.7. The highest BCUT2D eigenvalue weighted by atomic mass is 32.1. The normalized spacial score (nSPS) is 16.5. The number of rotatable bonds is 3. The van der Waals surface area contributed by atoms with Crippen molar-refractivity contribution >= 4 is 32.9 Å². The van der Waals surface area contributed by atoms with Crippen molar-refractivity contribution in [3.8, 4) is 0 Å². The molecule has 1 aliphatic heterocycles. The Kier molecular flexibility index (Phi) is 3.53. The number of hydrogen-bond donors (Lipinski definition) is 1. The van der Waals surface area contributed by atoms with Gasteiger partial charge >= 0.3 is 0 Å². The molecule has 124 valence electrons. The molecule has 0 fully saturated rings. The molecule has 0 unspecified atom stereocenters. The molecule has 1 aliphatic carbocycles. The summed E-state index contributed by atoms with van der Waals surface area (Å²) >= 11 is 3.48. The van der Waals surface area contributed by atoms with Gasteiger partial charge in [0.15, 0.2) is 0 Å². The average Bonchev–Trinajstić information content (AvgIpc) is 3.26. The van der Waals surface area contributed by atoms with Crippen molar-refractivity contribution in [2.75, 3.05) is 6.54 Å². The molecule has 0 saturated heterocycles. The fourth-order valence-corrected chi connectivity index (χ4v) is 5.97. The van der Waals surface area contributed by atoms with Crippen LogP contribution in [0.25, 0.3) is 10.2 Å². The Hall–Kier alpha value is -1.57. The van der Waals surface area contributed by atoms with Gasteiger partial charge in [0.2, 0.25) is 0 Å².